The van der Waals surface area contributed by atoms with Crippen molar-refractivity contribution < 1.29 is 4.79 Å². The molecule has 0 aliphatic rings. The van der Waals surface area contributed by atoms with Crippen LogP contribution < -0.4 is 5.43 Å². The maximum absolute atomic E-state index is 12.2. The van der Waals surface area contributed by atoms with E-state index in [1.54, 1.807) is 11.0 Å². The van der Waals surface area contributed by atoms with Gasteiger partial charge in [-0.15, -0.1) is 0 Å². The van der Waals surface area contributed by atoms with E-state index in [4.69, 9.17) is 0 Å². The third-order valence-electron chi connectivity index (χ3n) is 3.56. The van der Waals surface area contributed by atoms with Crippen molar-refractivity contribution in [3.05, 3.63) is 66.5 Å². The molecule has 1 aromatic heterocycles. The van der Waals surface area contributed by atoms with Gasteiger partial charge < -0.3 is 0 Å². The molecule has 0 spiro atoms. The lowest BCUT2D eigenvalue weighted by molar-refractivity contribution is -0.117. The van der Waals surface area contributed by atoms with Crippen molar-refractivity contribution in [2.45, 2.75) is 19.3 Å². The Bertz CT molecular complexity index is 749. The van der Waals surface area contributed by atoms with E-state index in [9.17, 15) is 4.79 Å². The Hall–Kier alpha value is -2.62. The first-order chi connectivity index (χ1) is 10.2. The minimum atomic E-state index is -0.0190. The Morgan fingerprint density at radius 1 is 1.14 bits per heavy atom. The van der Waals surface area contributed by atoms with Gasteiger partial charge in [0.2, 0.25) is 5.91 Å². The number of fused-ring (bicyclic) bond motifs is 1. The molecule has 1 N–H and O–H groups in total. The summed E-state index contributed by atoms with van der Waals surface area (Å²) in [6.07, 6.45) is 2.08. The lowest BCUT2D eigenvalue weighted by Crippen LogP contribution is -2.23. The van der Waals surface area contributed by atoms with Crippen LogP contribution in [-0.4, -0.2) is 15.6 Å². The molecule has 4 nitrogen and oxygen atoms in total. The van der Waals surface area contributed by atoms with Crippen molar-refractivity contribution in [1.82, 2.24) is 9.66 Å². The molecule has 0 radical (unpaired) electrons. The fourth-order valence-corrected chi connectivity index (χ4v) is 2.41. The van der Waals surface area contributed by atoms with E-state index in [2.05, 4.69) is 17.3 Å². The summed E-state index contributed by atoms with van der Waals surface area (Å²) in [4.78, 5) is 16.4. The maximum atomic E-state index is 12.2. The normalized spacial score (nSPS) is 12.2. The SMILES string of the molecule is CC(CC(=O)Nn1cnc2ccccc21)c1ccccc1. The second kappa shape index (κ2) is 5.79. The summed E-state index contributed by atoms with van der Waals surface area (Å²) in [5.41, 5.74) is 5.82. The number of carbonyl (C=O) groups excluding carboxylic acids is 1. The van der Waals surface area contributed by atoms with Crippen molar-refractivity contribution in [3.63, 3.8) is 0 Å². The van der Waals surface area contributed by atoms with Gasteiger partial charge in [-0.3, -0.25) is 10.2 Å². The summed E-state index contributed by atoms with van der Waals surface area (Å²) in [7, 11) is 0. The zero-order chi connectivity index (χ0) is 14.7. The number of hydrogen-bond acceptors (Lipinski definition) is 2. The lowest BCUT2D eigenvalue weighted by atomic mass is 9.98. The number of nitrogens with one attached hydrogen (secondary N) is 1. The number of para-hydroxylation sites is 2. The molecule has 0 bridgehead atoms. The average Bonchev–Trinajstić information content (AvgIpc) is 2.91. The van der Waals surface area contributed by atoms with Crippen molar-refractivity contribution in [2.24, 2.45) is 0 Å². The molecule has 3 aromatic rings. The average molecular weight is 279 g/mol. The van der Waals surface area contributed by atoms with Crippen LogP contribution in [0.5, 0.6) is 0 Å². The summed E-state index contributed by atoms with van der Waals surface area (Å²) in [6, 6.07) is 17.8. The summed E-state index contributed by atoms with van der Waals surface area (Å²) in [5.74, 6) is 0.162. The second-order valence-corrected chi connectivity index (χ2v) is 5.15. The topological polar surface area (TPSA) is 46.9 Å². The van der Waals surface area contributed by atoms with E-state index in [0.717, 1.165) is 11.0 Å². The zero-order valence-electron chi connectivity index (χ0n) is 11.9. The summed E-state index contributed by atoms with van der Waals surface area (Å²) < 4.78 is 1.68. The molecule has 0 saturated carbocycles. The predicted molar refractivity (Wildman–Crippen MR) is 83.6 cm³/mol. The molecule has 106 valence electrons. The molecular formula is C17H17N3O. The lowest BCUT2D eigenvalue weighted by Gasteiger charge is -2.12. The third-order valence-corrected chi connectivity index (χ3v) is 3.56. The molecule has 1 atom stereocenters. The van der Waals surface area contributed by atoms with Gasteiger partial charge in [0.25, 0.3) is 0 Å². The predicted octanol–water partition coefficient (Wildman–Crippen LogP) is 3.30. The van der Waals surface area contributed by atoms with Crippen LogP contribution in [0.15, 0.2) is 60.9 Å². The molecule has 21 heavy (non-hydrogen) atoms. The largest absolute Gasteiger partial charge is 0.273 e. The van der Waals surface area contributed by atoms with E-state index < -0.39 is 0 Å². The Balaban J connectivity index is 1.69. The number of imidazole rings is 1. The van der Waals surface area contributed by atoms with Gasteiger partial charge in [0.15, 0.2) is 0 Å². The maximum Gasteiger partial charge on any atom is 0.239 e. The number of aromatic nitrogens is 2. The second-order valence-electron chi connectivity index (χ2n) is 5.15. The Morgan fingerprint density at radius 3 is 2.67 bits per heavy atom. The van der Waals surface area contributed by atoms with Crippen LogP contribution in [0.3, 0.4) is 0 Å². The van der Waals surface area contributed by atoms with Crippen molar-refractivity contribution in [3.8, 4) is 0 Å². The van der Waals surface area contributed by atoms with Crippen LogP contribution in [0, 0.1) is 0 Å². The van der Waals surface area contributed by atoms with E-state index in [0.29, 0.717) is 6.42 Å². The highest BCUT2D eigenvalue weighted by molar-refractivity contribution is 5.86. The van der Waals surface area contributed by atoms with Gasteiger partial charge in [-0.2, -0.15) is 0 Å². The number of benzene rings is 2. The fraction of sp³-hybridized carbons (Fsp3) is 0.176. The summed E-state index contributed by atoms with van der Waals surface area (Å²) in [6.45, 7) is 2.06. The quantitative estimate of drug-likeness (QED) is 0.796. The van der Waals surface area contributed by atoms with E-state index in [1.807, 2.05) is 54.6 Å². The minimum Gasteiger partial charge on any atom is -0.273 e. The third kappa shape index (κ3) is 2.94. The van der Waals surface area contributed by atoms with E-state index in [-0.39, 0.29) is 11.8 Å². The molecule has 0 saturated heterocycles. The van der Waals surface area contributed by atoms with Crippen LogP contribution >= 0.6 is 0 Å². The van der Waals surface area contributed by atoms with Gasteiger partial charge in [0.1, 0.15) is 6.33 Å². The Labute approximate surface area is 123 Å². The summed E-state index contributed by atoms with van der Waals surface area (Å²) >= 11 is 0. The highest BCUT2D eigenvalue weighted by atomic mass is 16.2. The summed E-state index contributed by atoms with van der Waals surface area (Å²) in [5, 5.41) is 0. The molecule has 4 heteroatoms. The first-order valence-electron chi connectivity index (χ1n) is 7.01. The molecule has 0 fully saturated rings. The molecule has 1 heterocycles. The highest BCUT2D eigenvalue weighted by Crippen LogP contribution is 2.18. The molecule has 1 unspecified atom stereocenters. The van der Waals surface area contributed by atoms with Gasteiger partial charge in [-0.1, -0.05) is 49.4 Å². The minimum absolute atomic E-state index is 0.0190. The Kier molecular flexibility index (Phi) is 3.69. The molecular weight excluding hydrogens is 262 g/mol. The van der Waals surface area contributed by atoms with Gasteiger partial charge in [-0.25, -0.2) is 9.66 Å². The Morgan fingerprint density at radius 2 is 1.86 bits per heavy atom. The van der Waals surface area contributed by atoms with Crippen molar-refractivity contribution in [2.75, 3.05) is 5.43 Å². The number of carbonyl (C=O) groups is 1. The molecule has 0 aliphatic carbocycles. The molecule has 3 rings (SSSR count). The fourth-order valence-electron chi connectivity index (χ4n) is 2.41. The van der Waals surface area contributed by atoms with Crippen LogP contribution in [-0.2, 0) is 4.79 Å². The monoisotopic (exact) mass is 279 g/mol. The van der Waals surface area contributed by atoms with Crippen molar-refractivity contribution >= 4 is 16.9 Å². The van der Waals surface area contributed by atoms with Crippen LogP contribution in [0.25, 0.3) is 11.0 Å². The van der Waals surface area contributed by atoms with Crippen LogP contribution in [0.2, 0.25) is 0 Å². The van der Waals surface area contributed by atoms with Gasteiger partial charge in [-0.05, 0) is 23.6 Å². The van der Waals surface area contributed by atoms with Crippen molar-refractivity contribution in [1.29, 1.82) is 0 Å². The number of nitrogens with zero attached hydrogens (tertiary/aromatic N) is 2. The smallest absolute Gasteiger partial charge is 0.239 e. The standard InChI is InChI=1S/C17H17N3O/c1-13(14-7-3-2-4-8-14)11-17(21)19-20-12-18-15-9-5-6-10-16(15)20/h2-10,12-13H,11H2,1H3,(H,19,21). The number of hydrogen-bond donors (Lipinski definition) is 1. The zero-order valence-corrected chi connectivity index (χ0v) is 11.9. The number of rotatable bonds is 4. The van der Waals surface area contributed by atoms with Crippen LogP contribution in [0.1, 0.15) is 24.8 Å². The molecule has 2 aromatic carbocycles. The highest BCUT2D eigenvalue weighted by Gasteiger charge is 2.12. The van der Waals surface area contributed by atoms with E-state index in [1.165, 1.54) is 5.56 Å². The molecule has 0 aliphatic heterocycles. The first kappa shape index (κ1) is 13.4. The van der Waals surface area contributed by atoms with Gasteiger partial charge in [0, 0.05) is 6.42 Å². The molecule has 1 amide bonds. The number of amides is 1. The van der Waals surface area contributed by atoms with Gasteiger partial charge >= 0.3 is 0 Å². The first-order valence-corrected chi connectivity index (χ1v) is 7.01. The van der Waals surface area contributed by atoms with E-state index >= 15 is 0 Å². The van der Waals surface area contributed by atoms with Crippen LogP contribution in [0.4, 0.5) is 0 Å². The van der Waals surface area contributed by atoms with Gasteiger partial charge in [0.05, 0.1) is 11.0 Å².